The smallest absolute Gasteiger partial charge is 0.305 e. The Morgan fingerprint density at radius 3 is 1.97 bits per heavy atom. The Balaban J connectivity index is 1.56. The second-order valence-corrected chi connectivity index (χ2v) is 9.12. The Hall–Kier alpha value is -4.78. The predicted octanol–water partition coefficient (Wildman–Crippen LogP) is 4.88. The van der Waals surface area contributed by atoms with Crippen molar-refractivity contribution >= 4 is 17.8 Å². The number of carbonyl (C=O) groups excluding carboxylic acids is 2. The molecule has 0 aliphatic carbocycles. The van der Waals surface area contributed by atoms with Crippen LogP contribution in [0.15, 0.2) is 103 Å². The molecule has 0 radical (unpaired) electrons. The number of hydrogen-bond donors (Lipinski definition) is 2. The molecular weight excluding hydrogens is 490 g/mol. The lowest BCUT2D eigenvalue weighted by Gasteiger charge is -2.24. The first-order chi connectivity index (χ1) is 19.0. The monoisotopic (exact) mass is 521 g/mol. The summed E-state index contributed by atoms with van der Waals surface area (Å²) in [6, 6.07) is 28.1. The molecule has 0 aliphatic heterocycles. The van der Waals surface area contributed by atoms with Gasteiger partial charge >= 0.3 is 5.97 Å². The summed E-state index contributed by atoms with van der Waals surface area (Å²) in [5.74, 6) is -1.47. The standard InChI is InChI=1S/C32H31N3O4/c36-30(37)18-23-35(22-17-25-14-19-33-20-15-25)32(39)29-13-7-5-11-27(29)26-10-4-6-12-28(26)31(38)34-21-16-24-8-2-1-3-9-24/h1-15,19-20H,16-18,21-23H2,(H,34,38)(H,36,37). The number of amides is 2. The molecule has 3 aromatic carbocycles. The molecule has 7 heteroatoms. The Labute approximate surface area is 228 Å². The number of nitrogens with zero attached hydrogens (tertiary/aromatic N) is 2. The van der Waals surface area contributed by atoms with Crippen LogP contribution in [0.2, 0.25) is 0 Å². The van der Waals surface area contributed by atoms with Crippen molar-refractivity contribution in [3.05, 3.63) is 126 Å². The maximum absolute atomic E-state index is 13.8. The molecule has 0 aliphatic rings. The minimum absolute atomic E-state index is 0.0786. The van der Waals surface area contributed by atoms with Crippen LogP contribution in [-0.4, -0.2) is 52.4 Å². The zero-order chi connectivity index (χ0) is 27.5. The van der Waals surface area contributed by atoms with Gasteiger partial charge in [-0.25, -0.2) is 0 Å². The van der Waals surface area contributed by atoms with Crippen molar-refractivity contribution in [3.63, 3.8) is 0 Å². The van der Waals surface area contributed by atoms with Crippen molar-refractivity contribution in [2.24, 2.45) is 0 Å². The van der Waals surface area contributed by atoms with Crippen molar-refractivity contribution in [2.75, 3.05) is 19.6 Å². The molecule has 198 valence electrons. The van der Waals surface area contributed by atoms with Crippen molar-refractivity contribution in [1.82, 2.24) is 15.2 Å². The summed E-state index contributed by atoms with van der Waals surface area (Å²) in [6.07, 6.45) is 4.49. The number of carboxylic acid groups (broad SMARTS) is 1. The number of hydrogen-bond acceptors (Lipinski definition) is 4. The van der Waals surface area contributed by atoms with Crippen LogP contribution in [-0.2, 0) is 17.6 Å². The van der Waals surface area contributed by atoms with E-state index in [9.17, 15) is 19.5 Å². The van der Waals surface area contributed by atoms with Gasteiger partial charge in [-0.2, -0.15) is 0 Å². The molecule has 4 aromatic rings. The largest absolute Gasteiger partial charge is 0.481 e. The van der Waals surface area contributed by atoms with E-state index in [0.29, 0.717) is 48.2 Å². The van der Waals surface area contributed by atoms with E-state index in [1.54, 1.807) is 41.6 Å². The van der Waals surface area contributed by atoms with Gasteiger partial charge in [-0.05, 0) is 59.4 Å². The molecular formula is C32H31N3O4. The summed E-state index contributed by atoms with van der Waals surface area (Å²) in [7, 11) is 0. The third-order valence-electron chi connectivity index (χ3n) is 6.46. The lowest BCUT2D eigenvalue weighted by Crippen LogP contribution is -2.35. The van der Waals surface area contributed by atoms with Crippen molar-refractivity contribution in [2.45, 2.75) is 19.3 Å². The predicted molar refractivity (Wildman–Crippen MR) is 150 cm³/mol. The van der Waals surface area contributed by atoms with Gasteiger partial charge in [0, 0.05) is 43.2 Å². The minimum atomic E-state index is -0.970. The van der Waals surface area contributed by atoms with Gasteiger partial charge in [0.05, 0.1) is 6.42 Å². The first-order valence-electron chi connectivity index (χ1n) is 12.9. The second-order valence-electron chi connectivity index (χ2n) is 9.12. The first kappa shape index (κ1) is 27.3. The van der Waals surface area contributed by atoms with Gasteiger partial charge in [-0.15, -0.1) is 0 Å². The van der Waals surface area contributed by atoms with Crippen LogP contribution in [0.1, 0.15) is 38.3 Å². The first-order valence-corrected chi connectivity index (χ1v) is 12.9. The van der Waals surface area contributed by atoms with Crippen LogP contribution in [0, 0.1) is 0 Å². The summed E-state index contributed by atoms with van der Waals surface area (Å²) in [4.78, 5) is 43.9. The molecule has 39 heavy (non-hydrogen) atoms. The van der Waals surface area contributed by atoms with Gasteiger partial charge in [-0.3, -0.25) is 19.4 Å². The normalized spacial score (nSPS) is 10.6. The van der Waals surface area contributed by atoms with Crippen LogP contribution in [0.5, 0.6) is 0 Å². The Morgan fingerprint density at radius 2 is 1.28 bits per heavy atom. The molecule has 2 amide bonds. The van der Waals surface area contributed by atoms with E-state index in [-0.39, 0.29) is 24.8 Å². The average Bonchev–Trinajstić information content (AvgIpc) is 2.98. The zero-order valence-corrected chi connectivity index (χ0v) is 21.6. The highest BCUT2D eigenvalue weighted by atomic mass is 16.4. The van der Waals surface area contributed by atoms with Crippen LogP contribution in [0.4, 0.5) is 0 Å². The molecule has 1 heterocycles. The van der Waals surface area contributed by atoms with E-state index in [1.165, 1.54) is 0 Å². The molecule has 1 aromatic heterocycles. The highest BCUT2D eigenvalue weighted by molar-refractivity contribution is 6.06. The third kappa shape index (κ3) is 7.61. The number of aromatic nitrogens is 1. The maximum Gasteiger partial charge on any atom is 0.305 e. The number of nitrogens with one attached hydrogen (secondary N) is 1. The highest BCUT2D eigenvalue weighted by Gasteiger charge is 2.22. The Kier molecular flexibility index (Phi) is 9.56. The fourth-order valence-electron chi connectivity index (χ4n) is 4.41. The fourth-order valence-corrected chi connectivity index (χ4v) is 4.41. The summed E-state index contributed by atoms with van der Waals surface area (Å²) in [5.41, 5.74) is 4.30. The fraction of sp³-hybridized carbons (Fsp3) is 0.188. The van der Waals surface area contributed by atoms with Crippen LogP contribution < -0.4 is 5.32 Å². The van der Waals surface area contributed by atoms with Crippen LogP contribution >= 0.6 is 0 Å². The summed E-state index contributed by atoms with van der Waals surface area (Å²) < 4.78 is 0. The van der Waals surface area contributed by atoms with E-state index < -0.39 is 5.97 Å². The molecule has 0 spiro atoms. The lowest BCUT2D eigenvalue weighted by molar-refractivity contribution is -0.137. The van der Waals surface area contributed by atoms with Crippen LogP contribution in [0.25, 0.3) is 11.1 Å². The summed E-state index contributed by atoms with van der Waals surface area (Å²) in [6.45, 7) is 0.914. The quantitative estimate of drug-likeness (QED) is 0.277. The van der Waals surface area contributed by atoms with Gasteiger partial charge in [0.25, 0.3) is 11.8 Å². The highest BCUT2D eigenvalue weighted by Crippen LogP contribution is 2.28. The SMILES string of the molecule is O=C(O)CCN(CCc1ccncc1)C(=O)c1ccccc1-c1ccccc1C(=O)NCCc1ccccc1. The Bertz CT molecular complexity index is 1410. The molecule has 0 bridgehead atoms. The number of carbonyl (C=O) groups is 3. The molecule has 0 fully saturated rings. The molecule has 7 nitrogen and oxygen atoms in total. The number of pyridine rings is 1. The number of benzene rings is 3. The topological polar surface area (TPSA) is 99.6 Å². The van der Waals surface area contributed by atoms with Gasteiger partial charge < -0.3 is 15.3 Å². The molecule has 2 N–H and O–H groups in total. The summed E-state index contributed by atoms with van der Waals surface area (Å²) >= 11 is 0. The van der Waals surface area contributed by atoms with Gasteiger partial charge in [0.15, 0.2) is 0 Å². The molecule has 0 saturated heterocycles. The van der Waals surface area contributed by atoms with Crippen molar-refractivity contribution in [3.8, 4) is 11.1 Å². The maximum atomic E-state index is 13.8. The van der Waals surface area contributed by atoms with E-state index in [2.05, 4.69) is 10.3 Å². The second kappa shape index (κ2) is 13.7. The molecule has 4 rings (SSSR count). The summed E-state index contributed by atoms with van der Waals surface area (Å²) in [5, 5.41) is 12.3. The van der Waals surface area contributed by atoms with E-state index in [0.717, 1.165) is 11.1 Å². The number of rotatable bonds is 12. The van der Waals surface area contributed by atoms with Gasteiger partial charge in [0.1, 0.15) is 0 Å². The van der Waals surface area contributed by atoms with Crippen molar-refractivity contribution < 1.29 is 19.5 Å². The zero-order valence-electron chi connectivity index (χ0n) is 21.6. The van der Waals surface area contributed by atoms with Gasteiger partial charge in [-0.1, -0.05) is 66.7 Å². The van der Waals surface area contributed by atoms with E-state index >= 15 is 0 Å². The minimum Gasteiger partial charge on any atom is -0.481 e. The van der Waals surface area contributed by atoms with E-state index in [4.69, 9.17) is 0 Å². The number of aliphatic carboxylic acids is 1. The van der Waals surface area contributed by atoms with Crippen LogP contribution in [0.3, 0.4) is 0 Å². The third-order valence-corrected chi connectivity index (χ3v) is 6.46. The average molecular weight is 522 g/mol. The Morgan fingerprint density at radius 1 is 0.692 bits per heavy atom. The van der Waals surface area contributed by atoms with Gasteiger partial charge in [0.2, 0.25) is 0 Å². The number of carboxylic acids is 1. The molecule has 0 atom stereocenters. The molecule has 0 saturated carbocycles. The van der Waals surface area contributed by atoms with Crippen molar-refractivity contribution in [1.29, 1.82) is 0 Å². The lowest BCUT2D eigenvalue weighted by atomic mass is 9.94. The van der Waals surface area contributed by atoms with E-state index in [1.807, 2.05) is 66.7 Å². The molecule has 0 unspecified atom stereocenters.